The molecule has 2 aromatic rings. The Morgan fingerprint density at radius 1 is 0.879 bits per heavy atom. The molecule has 0 saturated carbocycles. The van der Waals surface area contributed by atoms with Gasteiger partial charge in [-0.15, -0.1) is 0 Å². The number of hydrogen-bond donors (Lipinski definition) is 1. The molecule has 176 valence electrons. The molecule has 0 unspecified atom stereocenters. The Morgan fingerprint density at radius 2 is 1.58 bits per heavy atom. The summed E-state index contributed by atoms with van der Waals surface area (Å²) >= 11 is 0. The number of carbonyl (C=O) groups is 2. The van der Waals surface area contributed by atoms with E-state index in [-0.39, 0.29) is 17.9 Å². The zero-order chi connectivity index (χ0) is 23.4. The lowest BCUT2D eigenvalue weighted by Crippen LogP contribution is -2.50. The highest BCUT2D eigenvalue weighted by atomic mass is 16.2. The van der Waals surface area contributed by atoms with Crippen LogP contribution in [0.5, 0.6) is 0 Å². The standard InChI is InChI=1S/C27H36N4O2/c1-20-7-10-24(11-8-20)28-27(33)31-12-4-5-23(19-31)18-26(32)30-15-13-29(14-16-30)25-17-21(2)6-9-22(25)3/h6-11,17,23H,4-5,12-16,18-19H2,1-3H3,(H,28,33)/t23-/m1/s1. The van der Waals surface area contributed by atoms with Gasteiger partial charge in [0.05, 0.1) is 0 Å². The monoisotopic (exact) mass is 448 g/mol. The van der Waals surface area contributed by atoms with Gasteiger partial charge in [-0.3, -0.25) is 4.79 Å². The summed E-state index contributed by atoms with van der Waals surface area (Å²) in [5.41, 5.74) is 5.81. The summed E-state index contributed by atoms with van der Waals surface area (Å²) in [5, 5.41) is 2.99. The van der Waals surface area contributed by atoms with Crippen LogP contribution in [0.4, 0.5) is 16.2 Å². The van der Waals surface area contributed by atoms with E-state index in [0.29, 0.717) is 13.0 Å². The highest BCUT2D eigenvalue weighted by Gasteiger charge is 2.28. The number of carbonyl (C=O) groups excluding carboxylic acids is 2. The fourth-order valence-corrected chi connectivity index (χ4v) is 4.89. The van der Waals surface area contributed by atoms with Crippen LogP contribution < -0.4 is 10.2 Å². The maximum absolute atomic E-state index is 13.0. The zero-order valence-electron chi connectivity index (χ0n) is 20.1. The van der Waals surface area contributed by atoms with Crippen molar-refractivity contribution in [3.63, 3.8) is 0 Å². The summed E-state index contributed by atoms with van der Waals surface area (Å²) in [6, 6.07) is 14.3. The normalized spacial score (nSPS) is 18.9. The van der Waals surface area contributed by atoms with E-state index in [1.807, 2.05) is 41.0 Å². The second kappa shape index (κ2) is 10.3. The number of piperidine rings is 1. The minimum atomic E-state index is -0.0712. The van der Waals surface area contributed by atoms with Gasteiger partial charge in [-0.1, -0.05) is 29.8 Å². The van der Waals surface area contributed by atoms with Gasteiger partial charge in [-0.2, -0.15) is 0 Å². The molecule has 0 radical (unpaired) electrons. The number of piperazine rings is 1. The molecule has 4 rings (SSSR count). The average Bonchev–Trinajstić information content (AvgIpc) is 2.82. The molecule has 0 aliphatic carbocycles. The predicted octanol–water partition coefficient (Wildman–Crippen LogP) is 4.59. The van der Waals surface area contributed by atoms with E-state index in [4.69, 9.17) is 0 Å². The SMILES string of the molecule is Cc1ccc(NC(=O)N2CCC[C@H](CC(=O)N3CCN(c4cc(C)ccc4C)CC3)C2)cc1. The highest BCUT2D eigenvalue weighted by Crippen LogP contribution is 2.25. The average molecular weight is 449 g/mol. The van der Waals surface area contributed by atoms with E-state index in [0.717, 1.165) is 51.3 Å². The van der Waals surface area contributed by atoms with Crippen LogP contribution in [0.15, 0.2) is 42.5 Å². The number of likely N-dealkylation sites (tertiary alicyclic amines) is 1. The highest BCUT2D eigenvalue weighted by molar-refractivity contribution is 5.89. The maximum atomic E-state index is 13.0. The van der Waals surface area contributed by atoms with Crippen molar-refractivity contribution in [3.05, 3.63) is 59.2 Å². The summed E-state index contributed by atoms with van der Waals surface area (Å²) in [4.78, 5) is 32.0. The third-order valence-corrected chi connectivity index (χ3v) is 6.91. The van der Waals surface area contributed by atoms with Crippen molar-refractivity contribution in [3.8, 4) is 0 Å². The summed E-state index contributed by atoms with van der Waals surface area (Å²) < 4.78 is 0. The number of urea groups is 1. The molecule has 1 atom stereocenters. The summed E-state index contributed by atoms with van der Waals surface area (Å²) in [6.45, 7) is 10.9. The lowest BCUT2D eigenvalue weighted by molar-refractivity contribution is -0.132. The van der Waals surface area contributed by atoms with Crippen molar-refractivity contribution in [1.29, 1.82) is 0 Å². The number of amides is 3. The number of anilines is 2. The van der Waals surface area contributed by atoms with Gasteiger partial charge in [0.15, 0.2) is 0 Å². The van der Waals surface area contributed by atoms with Crippen molar-refractivity contribution < 1.29 is 9.59 Å². The molecule has 2 saturated heterocycles. The number of nitrogens with one attached hydrogen (secondary N) is 1. The van der Waals surface area contributed by atoms with E-state index in [2.05, 4.69) is 42.3 Å². The molecule has 2 heterocycles. The fraction of sp³-hybridized carbons (Fsp3) is 0.481. The van der Waals surface area contributed by atoms with Gasteiger partial charge in [0.25, 0.3) is 0 Å². The van der Waals surface area contributed by atoms with Gasteiger partial charge < -0.3 is 20.0 Å². The minimum Gasteiger partial charge on any atom is -0.368 e. The zero-order valence-corrected chi connectivity index (χ0v) is 20.1. The first kappa shape index (κ1) is 23.1. The smallest absolute Gasteiger partial charge is 0.321 e. The van der Waals surface area contributed by atoms with E-state index < -0.39 is 0 Å². The second-order valence-corrected chi connectivity index (χ2v) is 9.61. The summed E-state index contributed by atoms with van der Waals surface area (Å²) in [7, 11) is 0. The topological polar surface area (TPSA) is 55.9 Å². The number of rotatable bonds is 4. The molecule has 2 aromatic carbocycles. The molecular formula is C27H36N4O2. The van der Waals surface area contributed by atoms with Crippen molar-refractivity contribution in [2.24, 2.45) is 5.92 Å². The molecule has 2 aliphatic rings. The molecule has 1 N–H and O–H groups in total. The van der Waals surface area contributed by atoms with Crippen molar-refractivity contribution in [1.82, 2.24) is 9.80 Å². The first-order valence-electron chi connectivity index (χ1n) is 12.1. The van der Waals surface area contributed by atoms with Gasteiger partial charge in [-0.25, -0.2) is 4.79 Å². The van der Waals surface area contributed by atoms with E-state index in [9.17, 15) is 9.59 Å². The molecule has 2 aliphatic heterocycles. The maximum Gasteiger partial charge on any atom is 0.321 e. The molecular weight excluding hydrogens is 412 g/mol. The van der Waals surface area contributed by atoms with Crippen molar-refractivity contribution in [2.75, 3.05) is 49.5 Å². The van der Waals surface area contributed by atoms with E-state index in [1.165, 1.54) is 22.4 Å². The Balaban J connectivity index is 1.26. The Hall–Kier alpha value is -3.02. The van der Waals surface area contributed by atoms with Crippen molar-refractivity contribution >= 4 is 23.3 Å². The van der Waals surface area contributed by atoms with Crippen LogP contribution in [0, 0.1) is 26.7 Å². The van der Waals surface area contributed by atoms with Crippen LogP contribution >= 0.6 is 0 Å². The predicted molar refractivity (Wildman–Crippen MR) is 134 cm³/mol. The van der Waals surface area contributed by atoms with Gasteiger partial charge in [0, 0.05) is 57.1 Å². The van der Waals surface area contributed by atoms with Gasteiger partial charge in [0.1, 0.15) is 0 Å². The van der Waals surface area contributed by atoms with Crippen LogP contribution in [0.2, 0.25) is 0 Å². The minimum absolute atomic E-state index is 0.0712. The second-order valence-electron chi connectivity index (χ2n) is 9.61. The Morgan fingerprint density at radius 3 is 2.30 bits per heavy atom. The number of benzene rings is 2. The Kier molecular flexibility index (Phi) is 7.21. The van der Waals surface area contributed by atoms with Gasteiger partial charge >= 0.3 is 6.03 Å². The van der Waals surface area contributed by atoms with Crippen molar-refractivity contribution in [2.45, 2.75) is 40.0 Å². The number of aryl methyl sites for hydroxylation is 3. The Labute approximate surface area is 197 Å². The Bertz CT molecular complexity index is 980. The molecule has 0 spiro atoms. The summed E-state index contributed by atoms with van der Waals surface area (Å²) in [5.74, 6) is 0.452. The van der Waals surface area contributed by atoms with Crippen LogP contribution in [-0.2, 0) is 4.79 Å². The summed E-state index contributed by atoms with van der Waals surface area (Å²) in [6.07, 6.45) is 2.47. The lowest BCUT2D eigenvalue weighted by Gasteiger charge is -2.38. The first-order valence-corrected chi connectivity index (χ1v) is 12.1. The van der Waals surface area contributed by atoms with Crippen LogP contribution in [-0.4, -0.2) is 61.0 Å². The lowest BCUT2D eigenvalue weighted by atomic mass is 9.94. The number of nitrogens with zero attached hydrogens (tertiary/aromatic N) is 3. The van der Waals surface area contributed by atoms with E-state index >= 15 is 0 Å². The molecule has 0 aromatic heterocycles. The molecule has 0 bridgehead atoms. The molecule has 3 amide bonds. The first-order chi connectivity index (χ1) is 15.9. The quantitative estimate of drug-likeness (QED) is 0.744. The van der Waals surface area contributed by atoms with Gasteiger partial charge in [-0.05, 0) is 68.9 Å². The largest absolute Gasteiger partial charge is 0.368 e. The van der Waals surface area contributed by atoms with E-state index in [1.54, 1.807) is 0 Å². The molecule has 6 nitrogen and oxygen atoms in total. The van der Waals surface area contributed by atoms with Crippen LogP contribution in [0.25, 0.3) is 0 Å². The molecule has 6 heteroatoms. The molecule has 33 heavy (non-hydrogen) atoms. The third kappa shape index (κ3) is 5.86. The fourth-order valence-electron chi connectivity index (χ4n) is 4.89. The van der Waals surface area contributed by atoms with Crippen LogP contribution in [0.1, 0.15) is 36.0 Å². The number of hydrogen-bond acceptors (Lipinski definition) is 3. The third-order valence-electron chi connectivity index (χ3n) is 6.91. The van der Waals surface area contributed by atoms with Gasteiger partial charge in [0.2, 0.25) is 5.91 Å². The molecule has 2 fully saturated rings. The van der Waals surface area contributed by atoms with Crippen LogP contribution in [0.3, 0.4) is 0 Å².